The second kappa shape index (κ2) is 7.86. The van der Waals surface area contributed by atoms with E-state index < -0.39 is 0 Å². The van der Waals surface area contributed by atoms with Crippen LogP contribution in [0.4, 0.5) is 0 Å². The summed E-state index contributed by atoms with van der Waals surface area (Å²) in [5, 5.41) is 11.5. The number of carbonyl (C=O) groups excluding carboxylic acids is 1. The summed E-state index contributed by atoms with van der Waals surface area (Å²) in [5.74, 6) is 0.524. The van der Waals surface area contributed by atoms with Gasteiger partial charge in [0.1, 0.15) is 0 Å². The van der Waals surface area contributed by atoms with Crippen molar-refractivity contribution in [2.75, 3.05) is 26.9 Å². The lowest BCUT2D eigenvalue weighted by Crippen LogP contribution is -2.26. The Morgan fingerprint density at radius 1 is 1.47 bits per heavy atom. The van der Waals surface area contributed by atoms with Gasteiger partial charge in [-0.2, -0.15) is 0 Å². The maximum absolute atomic E-state index is 11.8. The number of hydrogen-bond acceptors (Lipinski definition) is 4. The van der Waals surface area contributed by atoms with Gasteiger partial charge in [-0.3, -0.25) is 4.79 Å². The van der Waals surface area contributed by atoms with Crippen LogP contribution >= 0.6 is 11.6 Å². The number of carbonyl (C=O) groups is 1. The number of hydrogen-bond donors (Lipinski definition) is 2. The van der Waals surface area contributed by atoms with Gasteiger partial charge in [-0.05, 0) is 18.6 Å². The normalized spacial score (nSPS) is 10.1. The fraction of sp³-hybridized carbons (Fsp3) is 0.462. The Balaban J connectivity index is 2.98. The largest absolute Gasteiger partial charge is 0.493 e. The lowest BCUT2D eigenvalue weighted by molar-refractivity contribution is 0.0944. The summed E-state index contributed by atoms with van der Waals surface area (Å²) in [4.78, 5) is 11.8. The summed E-state index contributed by atoms with van der Waals surface area (Å²) in [7, 11) is 1.49. The molecule has 0 saturated carbocycles. The quantitative estimate of drug-likeness (QED) is 0.803. The predicted molar refractivity (Wildman–Crippen MR) is 73.2 cm³/mol. The first-order valence-corrected chi connectivity index (χ1v) is 6.41. The van der Waals surface area contributed by atoms with Gasteiger partial charge in [0.05, 0.1) is 25.3 Å². The molecule has 0 bridgehead atoms. The molecular formula is C13H18ClNO4. The first-order valence-electron chi connectivity index (χ1n) is 6.03. The van der Waals surface area contributed by atoms with Crippen LogP contribution in [-0.4, -0.2) is 37.9 Å². The Kier molecular flexibility index (Phi) is 6.45. The van der Waals surface area contributed by atoms with Crippen LogP contribution in [0, 0.1) is 0 Å². The number of aliphatic hydroxyl groups is 1. The summed E-state index contributed by atoms with van der Waals surface area (Å²) in [5.41, 5.74) is 0.360. The fourth-order valence-corrected chi connectivity index (χ4v) is 1.73. The molecule has 0 aliphatic carbocycles. The minimum absolute atomic E-state index is 0.117. The number of benzene rings is 1. The van der Waals surface area contributed by atoms with Crippen LogP contribution in [0.1, 0.15) is 23.7 Å². The fourth-order valence-electron chi connectivity index (χ4n) is 1.47. The van der Waals surface area contributed by atoms with Gasteiger partial charge < -0.3 is 19.9 Å². The third kappa shape index (κ3) is 4.29. The van der Waals surface area contributed by atoms with Gasteiger partial charge >= 0.3 is 0 Å². The van der Waals surface area contributed by atoms with Crippen molar-refractivity contribution in [1.29, 1.82) is 0 Å². The molecule has 1 aromatic carbocycles. The predicted octanol–water partition coefficient (Wildman–Crippen LogP) is 1.86. The zero-order valence-corrected chi connectivity index (χ0v) is 11.8. The molecule has 2 N–H and O–H groups in total. The second-order valence-electron chi connectivity index (χ2n) is 3.82. The van der Waals surface area contributed by atoms with Crippen LogP contribution in [-0.2, 0) is 0 Å². The Bertz CT molecular complexity index is 437. The zero-order chi connectivity index (χ0) is 14.3. The van der Waals surface area contributed by atoms with E-state index in [-0.39, 0.29) is 19.1 Å². The molecular weight excluding hydrogens is 270 g/mol. The number of nitrogens with one attached hydrogen (secondary N) is 1. The Labute approximate surface area is 117 Å². The van der Waals surface area contributed by atoms with Crippen LogP contribution in [0.15, 0.2) is 12.1 Å². The van der Waals surface area contributed by atoms with Gasteiger partial charge in [0.2, 0.25) is 0 Å². The molecule has 0 saturated heterocycles. The summed E-state index contributed by atoms with van der Waals surface area (Å²) in [6.07, 6.45) is 0.845. The first kappa shape index (κ1) is 15.6. The van der Waals surface area contributed by atoms with Crippen molar-refractivity contribution in [2.24, 2.45) is 0 Å². The Morgan fingerprint density at radius 2 is 2.21 bits per heavy atom. The van der Waals surface area contributed by atoms with E-state index >= 15 is 0 Å². The van der Waals surface area contributed by atoms with E-state index in [2.05, 4.69) is 5.32 Å². The summed E-state index contributed by atoms with van der Waals surface area (Å²) >= 11 is 6.09. The number of methoxy groups -OCH3 is 1. The molecule has 0 fully saturated rings. The monoisotopic (exact) mass is 287 g/mol. The topological polar surface area (TPSA) is 67.8 Å². The maximum atomic E-state index is 11.8. The van der Waals surface area contributed by atoms with E-state index in [1.807, 2.05) is 6.92 Å². The molecule has 19 heavy (non-hydrogen) atoms. The standard InChI is InChI=1S/C13H18ClNO4/c1-3-6-19-12-10(14)7-9(8-11(12)18-2)13(17)15-4-5-16/h7-8,16H,3-6H2,1-2H3,(H,15,17). The van der Waals surface area contributed by atoms with E-state index in [1.165, 1.54) is 13.2 Å². The van der Waals surface area contributed by atoms with Crippen molar-refractivity contribution in [3.05, 3.63) is 22.7 Å². The molecule has 0 radical (unpaired) electrons. The SMILES string of the molecule is CCCOc1c(Cl)cc(C(=O)NCCO)cc1OC. The highest BCUT2D eigenvalue weighted by Gasteiger charge is 2.15. The lowest BCUT2D eigenvalue weighted by atomic mass is 10.2. The maximum Gasteiger partial charge on any atom is 0.251 e. The van der Waals surface area contributed by atoms with Crippen molar-refractivity contribution in [2.45, 2.75) is 13.3 Å². The van der Waals surface area contributed by atoms with Gasteiger partial charge in [0.15, 0.2) is 11.5 Å². The number of halogens is 1. The Morgan fingerprint density at radius 3 is 2.79 bits per heavy atom. The first-order chi connectivity index (χ1) is 9.13. The molecule has 106 valence electrons. The molecule has 0 spiro atoms. The van der Waals surface area contributed by atoms with Gasteiger partial charge in [0.25, 0.3) is 5.91 Å². The van der Waals surface area contributed by atoms with E-state index in [0.717, 1.165) is 6.42 Å². The minimum atomic E-state index is -0.323. The summed E-state index contributed by atoms with van der Waals surface area (Å²) in [6.45, 7) is 2.57. The molecule has 0 aliphatic rings. The smallest absolute Gasteiger partial charge is 0.251 e. The molecule has 5 nitrogen and oxygen atoms in total. The average molecular weight is 288 g/mol. The van der Waals surface area contributed by atoms with E-state index in [9.17, 15) is 4.79 Å². The third-order valence-corrected chi connectivity index (χ3v) is 2.62. The molecule has 1 aromatic rings. The van der Waals surface area contributed by atoms with Crippen LogP contribution in [0.3, 0.4) is 0 Å². The van der Waals surface area contributed by atoms with Crippen LogP contribution < -0.4 is 14.8 Å². The zero-order valence-electron chi connectivity index (χ0n) is 11.0. The van der Waals surface area contributed by atoms with Crippen molar-refractivity contribution >= 4 is 17.5 Å². The van der Waals surface area contributed by atoms with E-state index in [0.29, 0.717) is 28.7 Å². The molecule has 0 aromatic heterocycles. The highest BCUT2D eigenvalue weighted by atomic mass is 35.5. The second-order valence-corrected chi connectivity index (χ2v) is 4.22. The van der Waals surface area contributed by atoms with Gasteiger partial charge in [-0.25, -0.2) is 0 Å². The van der Waals surface area contributed by atoms with Gasteiger partial charge in [-0.1, -0.05) is 18.5 Å². The number of ether oxygens (including phenoxy) is 2. The Hall–Kier alpha value is -1.46. The molecule has 6 heteroatoms. The van der Waals surface area contributed by atoms with Crippen molar-refractivity contribution < 1.29 is 19.4 Å². The summed E-state index contributed by atoms with van der Waals surface area (Å²) < 4.78 is 10.7. The molecule has 0 atom stereocenters. The van der Waals surface area contributed by atoms with Crippen molar-refractivity contribution in [1.82, 2.24) is 5.32 Å². The van der Waals surface area contributed by atoms with Crippen LogP contribution in [0.5, 0.6) is 11.5 Å². The van der Waals surface area contributed by atoms with Crippen molar-refractivity contribution in [3.63, 3.8) is 0 Å². The van der Waals surface area contributed by atoms with E-state index in [4.69, 9.17) is 26.2 Å². The lowest BCUT2D eigenvalue weighted by Gasteiger charge is -2.13. The number of rotatable bonds is 7. The van der Waals surface area contributed by atoms with Gasteiger partial charge in [-0.15, -0.1) is 0 Å². The highest BCUT2D eigenvalue weighted by Crippen LogP contribution is 2.36. The number of amides is 1. The van der Waals surface area contributed by atoms with Gasteiger partial charge in [0, 0.05) is 12.1 Å². The summed E-state index contributed by atoms with van der Waals surface area (Å²) in [6, 6.07) is 3.07. The molecule has 0 aliphatic heterocycles. The minimum Gasteiger partial charge on any atom is -0.493 e. The van der Waals surface area contributed by atoms with Crippen LogP contribution in [0.2, 0.25) is 5.02 Å². The molecule has 1 rings (SSSR count). The molecule has 0 unspecified atom stereocenters. The number of aliphatic hydroxyl groups excluding tert-OH is 1. The average Bonchev–Trinajstić information content (AvgIpc) is 2.42. The van der Waals surface area contributed by atoms with E-state index in [1.54, 1.807) is 6.07 Å². The van der Waals surface area contributed by atoms with Crippen molar-refractivity contribution in [3.8, 4) is 11.5 Å². The molecule has 1 amide bonds. The molecule has 0 heterocycles. The van der Waals surface area contributed by atoms with Crippen LogP contribution in [0.25, 0.3) is 0 Å². The highest BCUT2D eigenvalue weighted by molar-refractivity contribution is 6.32. The third-order valence-electron chi connectivity index (χ3n) is 2.34.